The average Bonchev–Trinajstić information content (AvgIpc) is 1.84. The fourth-order valence-corrected chi connectivity index (χ4v) is 1.14. The lowest BCUT2D eigenvalue weighted by Gasteiger charge is -2.27. The Kier molecular flexibility index (Phi) is 7.45. The van der Waals surface area contributed by atoms with Crippen molar-refractivity contribution in [3.8, 4) is 0 Å². The van der Waals surface area contributed by atoms with Gasteiger partial charge in [-0.05, 0) is 38.5 Å². The second-order valence-electron chi connectivity index (χ2n) is 5.10. The number of nitrogens with zero attached hydrogens (tertiary/aromatic N) is 1. The third-order valence-electron chi connectivity index (χ3n) is 1.89. The molecule has 0 saturated heterocycles. The summed E-state index contributed by atoms with van der Waals surface area (Å²) in [4.78, 5) is 2.79. The summed E-state index contributed by atoms with van der Waals surface area (Å²) in [5, 5.41) is 0. The van der Waals surface area contributed by atoms with E-state index in [0.717, 1.165) is 10.9 Å². The van der Waals surface area contributed by atoms with Gasteiger partial charge in [-0.25, -0.2) is 4.84 Å². The van der Waals surface area contributed by atoms with Crippen molar-refractivity contribution in [2.45, 2.75) is 32.2 Å². The maximum absolute atomic E-state index is 5.59. The van der Waals surface area contributed by atoms with Crippen molar-refractivity contribution in [3.63, 3.8) is 0 Å². The quantitative estimate of drug-likeness (QED) is 0.471. The first kappa shape index (κ1) is 15.9. The molecule has 0 fully saturated rings. The monoisotopic (exact) mass is 228 g/mol. The fourth-order valence-electron chi connectivity index (χ4n) is 1.04. The number of hydrogen-bond donors (Lipinski definition) is 1. The highest BCUT2D eigenvalue weighted by molar-refractivity contribution is 6.13. The minimum atomic E-state index is 0. The maximum atomic E-state index is 5.59. The molecule has 0 spiro atoms. The second kappa shape index (κ2) is 6.07. The number of halogens is 2. The van der Waals surface area contributed by atoms with Gasteiger partial charge in [0.1, 0.15) is 0 Å². The van der Waals surface area contributed by atoms with Crippen LogP contribution in [0.4, 0.5) is 0 Å². The molecule has 0 aliphatic rings. The highest BCUT2D eigenvalue weighted by atomic mass is 35.5. The Labute approximate surface area is 93.7 Å². The zero-order valence-electron chi connectivity index (χ0n) is 9.32. The molecule has 1 N–H and O–H groups in total. The van der Waals surface area contributed by atoms with Crippen LogP contribution in [-0.2, 0) is 0 Å². The van der Waals surface area contributed by atoms with E-state index in [0.29, 0.717) is 0 Å². The van der Waals surface area contributed by atoms with E-state index in [1.54, 1.807) is 0 Å². The van der Waals surface area contributed by atoms with Crippen LogP contribution in [0.2, 0.25) is 0 Å². The van der Waals surface area contributed by atoms with Gasteiger partial charge in [-0.1, -0.05) is 0 Å². The predicted octanol–water partition coefficient (Wildman–Crippen LogP) is -1.00. The van der Waals surface area contributed by atoms with E-state index in [4.69, 9.17) is 11.8 Å². The van der Waals surface area contributed by atoms with E-state index in [1.165, 1.54) is 13.0 Å². The minimum absolute atomic E-state index is 0. The lowest BCUT2D eigenvalue weighted by molar-refractivity contribution is -0.870. The van der Waals surface area contributed by atoms with Crippen LogP contribution in [-0.4, -0.2) is 37.7 Å². The molecule has 82 valence electrons. The van der Waals surface area contributed by atoms with Gasteiger partial charge in [0.25, 0.3) is 0 Å². The number of quaternary nitrogens is 1. The molecule has 4 heteroatoms. The third kappa shape index (κ3) is 10.4. The van der Waals surface area contributed by atoms with Crippen LogP contribution in [0.25, 0.3) is 0 Å². The SMILES string of the molecule is CC(C)(CCC[N+](C)(C)C)NCl.[Cl-]. The van der Waals surface area contributed by atoms with Crippen LogP contribution >= 0.6 is 11.8 Å². The van der Waals surface area contributed by atoms with Crippen molar-refractivity contribution in [3.05, 3.63) is 0 Å². The molecule has 0 amide bonds. The number of nitrogens with one attached hydrogen (secondary N) is 1. The summed E-state index contributed by atoms with van der Waals surface area (Å²) in [7, 11) is 6.63. The molecule has 0 aliphatic carbocycles. The lowest BCUT2D eigenvalue weighted by Crippen LogP contribution is -3.00. The molecule has 2 nitrogen and oxygen atoms in total. The number of rotatable bonds is 5. The Morgan fingerprint density at radius 2 is 1.69 bits per heavy atom. The molecule has 0 unspecified atom stereocenters. The van der Waals surface area contributed by atoms with Gasteiger partial charge < -0.3 is 16.9 Å². The summed E-state index contributed by atoms with van der Waals surface area (Å²) in [6.45, 7) is 5.44. The van der Waals surface area contributed by atoms with E-state index >= 15 is 0 Å². The van der Waals surface area contributed by atoms with Gasteiger partial charge in [-0.15, -0.1) is 0 Å². The molecule has 13 heavy (non-hydrogen) atoms. The molecule has 0 saturated carbocycles. The molecular weight excluding hydrogens is 207 g/mol. The summed E-state index contributed by atoms with van der Waals surface area (Å²) < 4.78 is 1.03. The van der Waals surface area contributed by atoms with E-state index in [2.05, 4.69) is 39.8 Å². The Balaban J connectivity index is 0. The Morgan fingerprint density at radius 3 is 2.00 bits per heavy atom. The highest BCUT2D eigenvalue weighted by Gasteiger charge is 2.17. The van der Waals surface area contributed by atoms with Gasteiger partial charge in [-0.3, -0.25) is 0 Å². The van der Waals surface area contributed by atoms with Crippen molar-refractivity contribution in [1.82, 2.24) is 4.84 Å². The van der Waals surface area contributed by atoms with E-state index in [1.807, 2.05) is 0 Å². The van der Waals surface area contributed by atoms with Crippen LogP contribution < -0.4 is 17.2 Å². The molecule has 0 atom stereocenters. The van der Waals surface area contributed by atoms with Crippen molar-refractivity contribution in [2.24, 2.45) is 0 Å². The Morgan fingerprint density at radius 1 is 1.23 bits per heavy atom. The topological polar surface area (TPSA) is 12.0 Å². The zero-order chi connectivity index (χ0) is 9.83. The molecule has 0 aromatic carbocycles. The molecular formula is C9H22Cl2N2. The summed E-state index contributed by atoms with van der Waals surface area (Å²) >= 11 is 5.59. The predicted molar refractivity (Wildman–Crippen MR) is 55.2 cm³/mol. The highest BCUT2D eigenvalue weighted by Crippen LogP contribution is 2.12. The Hall–Kier alpha value is 0.500. The molecule has 0 aromatic heterocycles. The summed E-state index contributed by atoms with van der Waals surface area (Å²) in [5.41, 5.74) is 0.0662. The van der Waals surface area contributed by atoms with Gasteiger partial charge in [0, 0.05) is 5.54 Å². The molecule has 0 radical (unpaired) electrons. The van der Waals surface area contributed by atoms with Crippen molar-refractivity contribution in [1.29, 1.82) is 0 Å². The first-order chi connectivity index (χ1) is 5.27. The van der Waals surface area contributed by atoms with E-state index in [-0.39, 0.29) is 17.9 Å². The largest absolute Gasteiger partial charge is 1.00 e. The van der Waals surface area contributed by atoms with Crippen LogP contribution in [0.5, 0.6) is 0 Å². The van der Waals surface area contributed by atoms with Gasteiger partial charge in [0.15, 0.2) is 0 Å². The van der Waals surface area contributed by atoms with Crippen LogP contribution in [0.15, 0.2) is 0 Å². The van der Waals surface area contributed by atoms with Crippen molar-refractivity contribution >= 4 is 11.8 Å². The van der Waals surface area contributed by atoms with Crippen LogP contribution in [0.1, 0.15) is 26.7 Å². The number of hydrogen-bond acceptors (Lipinski definition) is 1. The molecule has 0 aromatic rings. The van der Waals surface area contributed by atoms with Gasteiger partial charge in [0.2, 0.25) is 0 Å². The Bertz CT molecular complexity index is 130. The first-order valence-electron chi connectivity index (χ1n) is 4.45. The summed E-state index contributed by atoms with van der Waals surface area (Å²) in [5.74, 6) is 0. The standard InChI is InChI=1S/C9H22ClN2.ClH/c1-9(2,11-10)7-6-8-12(3,4)5;/h11H,6-8H2,1-5H3;1H/q+1;/p-1. The maximum Gasteiger partial charge on any atom is 0.0781 e. The van der Waals surface area contributed by atoms with Crippen molar-refractivity contribution < 1.29 is 16.9 Å². The fraction of sp³-hybridized carbons (Fsp3) is 1.00. The van der Waals surface area contributed by atoms with E-state index in [9.17, 15) is 0 Å². The van der Waals surface area contributed by atoms with Crippen molar-refractivity contribution in [2.75, 3.05) is 27.7 Å². The summed E-state index contributed by atoms with van der Waals surface area (Å²) in [6, 6.07) is 0. The van der Waals surface area contributed by atoms with E-state index < -0.39 is 0 Å². The van der Waals surface area contributed by atoms with Gasteiger partial charge in [0.05, 0.1) is 27.7 Å². The zero-order valence-corrected chi connectivity index (χ0v) is 10.8. The molecule has 0 bridgehead atoms. The second-order valence-corrected chi connectivity index (χ2v) is 5.28. The summed E-state index contributed by atoms with van der Waals surface area (Å²) in [6.07, 6.45) is 2.32. The molecule has 0 aliphatic heterocycles. The first-order valence-corrected chi connectivity index (χ1v) is 4.83. The van der Waals surface area contributed by atoms with Crippen LogP contribution in [0.3, 0.4) is 0 Å². The van der Waals surface area contributed by atoms with Gasteiger partial charge in [-0.2, -0.15) is 0 Å². The third-order valence-corrected chi connectivity index (χ3v) is 2.40. The smallest absolute Gasteiger partial charge is 0.0781 e. The van der Waals surface area contributed by atoms with Crippen LogP contribution in [0, 0.1) is 0 Å². The molecule has 0 rings (SSSR count). The normalized spacial score (nSPS) is 12.5. The average molecular weight is 229 g/mol. The lowest BCUT2D eigenvalue weighted by atomic mass is 10.00. The minimum Gasteiger partial charge on any atom is -1.00 e. The molecule has 0 heterocycles. The van der Waals surface area contributed by atoms with Gasteiger partial charge >= 0.3 is 0 Å².